The van der Waals surface area contributed by atoms with Crippen LogP contribution in [0.25, 0.3) is 0 Å². The molecule has 0 saturated carbocycles. The first kappa shape index (κ1) is 27.5. The summed E-state index contributed by atoms with van der Waals surface area (Å²) in [7, 11) is 0. The van der Waals surface area contributed by atoms with Crippen LogP contribution in [-0.2, 0) is 4.79 Å². The Labute approximate surface area is 142 Å². The summed E-state index contributed by atoms with van der Waals surface area (Å²) in [6.45, 7) is 4.72. The van der Waals surface area contributed by atoms with Crippen molar-refractivity contribution >= 4 is 5.97 Å². The van der Waals surface area contributed by atoms with Gasteiger partial charge in [0.25, 0.3) is 0 Å². The van der Waals surface area contributed by atoms with Crippen LogP contribution in [0.1, 0.15) is 20.3 Å². The first-order valence-electron chi connectivity index (χ1n) is 6.30. The van der Waals surface area contributed by atoms with Gasteiger partial charge in [-0.25, -0.2) is 4.79 Å². The fraction of sp³-hybridized carbons (Fsp3) is 0.750. The van der Waals surface area contributed by atoms with E-state index in [1.165, 1.54) is 6.92 Å². The predicted molar refractivity (Wildman–Crippen MR) is 63.5 cm³/mol. The average molecular weight is 434 g/mol. The number of hydrogen-bond acceptors (Lipinski definition) is 1. The highest BCUT2D eigenvalue weighted by atomic mass is 19.4. The SMILES string of the molecule is C=C(C)C(=O)O.CCC(F)(F)C(F)(F)C(F)(F)C(F)(F)C(F)(F)C(F)(F)F. The Morgan fingerprint density at radius 1 is 0.741 bits per heavy atom. The van der Waals surface area contributed by atoms with Gasteiger partial charge in [-0.15, -0.1) is 0 Å². The first-order valence-corrected chi connectivity index (χ1v) is 6.30. The normalized spacial score (nSPS) is 14.3. The summed E-state index contributed by atoms with van der Waals surface area (Å²) in [5.41, 5.74) is 0.176. The first-order chi connectivity index (χ1) is 11.5. The highest BCUT2D eigenvalue weighted by molar-refractivity contribution is 5.84. The molecule has 0 aliphatic carbocycles. The van der Waals surface area contributed by atoms with E-state index >= 15 is 0 Å². The Morgan fingerprint density at radius 3 is 1.19 bits per heavy atom. The monoisotopic (exact) mass is 434 g/mol. The lowest BCUT2D eigenvalue weighted by molar-refractivity contribution is -0.439. The number of halogens is 13. The molecular weight excluding hydrogens is 423 g/mol. The van der Waals surface area contributed by atoms with Crippen LogP contribution < -0.4 is 0 Å². The predicted octanol–water partition coefficient (Wildman–Crippen LogP) is 5.78. The quantitative estimate of drug-likeness (QED) is 0.425. The molecule has 0 aromatic carbocycles. The minimum Gasteiger partial charge on any atom is -0.478 e. The summed E-state index contributed by atoms with van der Waals surface area (Å²) in [4.78, 5) is 9.60. The molecule has 0 aliphatic heterocycles. The molecule has 0 heterocycles. The number of alkyl halides is 13. The smallest absolute Gasteiger partial charge is 0.460 e. The summed E-state index contributed by atoms with van der Waals surface area (Å²) in [6, 6.07) is 0. The summed E-state index contributed by atoms with van der Waals surface area (Å²) in [5, 5.41) is 7.89. The third-order valence-corrected chi connectivity index (χ3v) is 2.81. The molecule has 0 aromatic rings. The number of carboxylic acids is 1. The van der Waals surface area contributed by atoms with Crippen molar-refractivity contribution in [2.45, 2.75) is 56.1 Å². The molecule has 0 aromatic heterocycles. The van der Waals surface area contributed by atoms with Crippen molar-refractivity contribution in [3.05, 3.63) is 12.2 Å². The maximum absolute atomic E-state index is 12.7. The van der Waals surface area contributed by atoms with Crippen molar-refractivity contribution in [2.24, 2.45) is 0 Å². The van der Waals surface area contributed by atoms with Crippen LogP contribution in [-0.4, -0.2) is 46.9 Å². The topological polar surface area (TPSA) is 37.3 Å². The molecule has 0 spiro atoms. The largest absolute Gasteiger partial charge is 0.478 e. The van der Waals surface area contributed by atoms with Crippen molar-refractivity contribution in [3.63, 3.8) is 0 Å². The number of hydrogen-bond donors (Lipinski definition) is 1. The maximum atomic E-state index is 12.7. The number of aliphatic carboxylic acids is 1. The van der Waals surface area contributed by atoms with E-state index in [-0.39, 0.29) is 12.5 Å². The van der Waals surface area contributed by atoms with Crippen molar-refractivity contribution in [2.75, 3.05) is 0 Å². The van der Waals surface area contributed by atoms with Crippen molar-refractivity contribution < 1.29 is 67.0 Å². The zero-order valence-electron chi connectivity index (χ0n) is 13.2. The van der Waals surface area contributed by atoms with Gasteiger partial charge in [0.15, 0.2) is 0 Å². The Hall–Kier alpha value is -1.70. The van der Waals surface area contributed by atoms with Crippen LogP contribution in [0.2, 0.25) is 0 Å². The fourth-order valence-electron chi connectivity index (χ4n) is 1.02. The molecule has 0 aliphatic rings. The van der Waals surface area contributed by atoms with Crippen molar-refractivity contribution in [3.8, 4) is 0 Å². The average Bonchev–Trinajstić information content (AvgIpc) is 2.45. The van der Waals surface area contributed by atoms with Crippen LogP contribution in [0.5, 0.6) is 0 Å². The molecule has 0 bridgehead atoms. The zero-order valence-corrected chi connectivity index (χ0v) is 13.2. The molecule has 0 fully saturated rings. The van der Waals surface area contributed by atoms with E-state index in [0.717, 1.165) is 0 Å². The third kappa shape index (κ3) is 4.78. The Bertz CT molecular complexity index is 536. The van der Waals surface area contributed by atoms with Gasteiger partial charge in [-0.1, -0.05) is 13.5 Å². The second kappa shape index (κ2) is 7.73. The third-order valence-electron chi connectivity index (χ3n) is 2.81. The van der Waals surface area contributed by atoms with Crippen molar-refractivity contribution in [1.29, 1.82) is 0 Å². The van der Waals surface area contributed by atoms with Gasteiger partial charge in [0.1, 0.15) is 0 Å². The van der Waals surface area contributed by atoms with Crippen molar-refractivity contribution in [1.82, 2.24) is 0 Å². The lowest BCUT2D eigenvalue weighted by Gasteiger charge is -2.39. The van der Waals surface area contributed by atoms with Crippen LogP contribution in [0, 0.1) is 0 Å². The summed E-state index contributed by atoms with van der Waals surface area (Å²) in [6.07, 6.45) is -9.57. The maximum Gasteiger partial charge on any atom is 0.460 e. The highest BCUT2D eigenvalue weighted by Crippen LogP contribution is 2.60. The summed E-state index contributed by atoms with van der Waals surface area (Å²) < 4.78 is 161. The van der Waals surface area contributed by atoms with E-state index < -0.39 is 48.2 Å². The molecule has 0 rings (SSSR count). The standard InChI is InChI=1S/C8H5F13.C4H6O2/c1-2-3(9,10)4(11,12)5(13,14)6(15,16)7(17,18)8(19,20)21;1-3(2)4(5)6/h2H2,1H3;1H2,2H3,(H,5,6). The molecule has 162 valence electrons. The molecule has 0 unspecified atom stereocenters. The zero-order chi connectivity index (χ0) is 22.9. The van der Waals surface area contributed by atoms with Gasteiger partial charge >= 0.3 is 41.8 Å². The van der Waals surface area contributed by atoms with E-state index in [1.807, 2.05) is 0 Å². The second-order valence-corrected chi connectivity index (χ2v) is 4.94. The van der Waals surface area contributed by atoms with Gasteiger partial charge in [-0.05, 0) is 6.92 Å². The molecule has 0 atom stereocenters. The molecule has 0 saturated heterocycles. The lowest BCUT2D eigenvalue weighted by atomic mass is 9.93. The molecule has 27 heavy (non-hydrogen) atoms. The Balaban J connectivity index is 0. The number of rotatable bonds is 6. The summed E-state index contributed by atoms with van der Waals surface area (Å²) in [5.74, 6) is -37.2. The van der Waals surface area contributed by atoms with Crippen LogP contribution in [0.4, 0.5) is 57.1 Å². The number of carbonyl (C=O) groups is 1. The lowest BCUT2D eigenvalue weighted by Crippen LogP contribution is -2.69. The van der Waals surface area contributed by atoms with Crippen LogP contribution in [0.15, 0.2) is 12.2 Å². The van der Waals surface area contributed by atoms with E-state index in [1.54, 1.807) is 0 Å². The van der Waals surface area contributed by atoms with Gasteiger partial charge < -0.3 is 5.11 Å². The van der Waals surface area contributed by atoms with Crippen LogP contribution >= 0.6 is 0 Å². The molecular formula is C12H11F13O2. The Morgan fingerprint density at radius 2 is 1.00 bits per heavy atom. The van der Waals surface area contributed by atoms with E-state index in [0.29, 0.717) is 0 Å². The molecule has 2 nitrogen and oxygen atoms in total. The highest BCUT2D eigenvalue weighted by Gasteiger charge is 2.90. The fourth-order valence-corrected chi connectivity index (χ4v) is 1.02. The van der Waals surface area contributed by atoms with Gasteiger partial charge in [-0.3, -0.25) is 0 Å². The minimum absolute atomic E-state index is 0.115. The van der Waals surface area contributed by atoms with E-state index in [4.69, 9.17) is 5.11 Å². The number of carboxylic acid groups (broad SMARTS) is 1. The van der Waals surface area contributed by atoms with Gasteiger partial charge in [0.2, 0.25) is 0 Å². The van der Waals surface area contributed by atoms with Gasteiger partial charge in [-0.2, -0.15) is 57.1 Å². The Kier molecular flexibility index (Phi) is 7.88. The van der Waals surface area contributed by atoms with E-state index in [2.05, 4.69) is 6.58 Å². The molecule has 0 radical (unpaired) electrons. The van der Waals surface area contributed by atoms with E-state index in [9.17, 15) is 61.9 Å². The molecule has 0 amide bonds. The second-order valence-electron chi connectivity index (χ2n) is 4.94. The minimum atomic E-state index is -7.81. The summed E-state index contributed by atoms with van der Waals surface area (Å²) >= 11 is 0. The molecule has 1 N–H and O–H groups in total. The van der Waals surface area contributed by atoms with Gasteiger partial charge in [0, 0.05) is 12.0 Å². The molecule has 15 heteroatoms. The van der Waals surface area contributed by atoms with Crippen LogP contribution in [0.3, 0.4) is 0 Å². The van der Waals surface area contributed by atoms with Gasteiger partial charge in [0.05, 0.1) is 0 Å².